The van der Waals surface area contributed by atoms with Crippen LogP contribution < -0.4 is 10.7 Å². The number of hydrazone groups is 1. The van der Waals surface area contributed by atoms with Crippen LogP contribution in [-0.2, 0) is 4.79 Å². The second-order valence-corrected chi connectivity index (χ2v) is 6.62. The summed E-state index contributed by atoms with van der Waals surface area (Å²) in [5, 5.41) is 8.48. The Kier molecular flexibility index (Phi) is 4.77. The minimum Gasteiger partial charge on any atom is -0.335 e. The van der Waals surface area contributed by atoms with E-state index in [1.807, 2.05) is 31.2 Å². The number of carbonyl (C=O) groups excluding carboxylic acids is 1. The Labute approximate surface area is 134 Å². The summed E-state index contributed by atoms with van der Waals surface area (Å²) in [6.45, 7) is 2.80. The molecule has 1 fully saturated rings. The fourth-order valence-corrected chi connectivity index (χ4v) is 2.93. The number of amidine groups is 1. The molecule has 116 valence electrons. The first-order valence-electron chi connectivity index (χ1n) is 7.61. The van der Waals surface area contributed by atoms with Crippen LogP contribution in [0.1, 0.15) is 31.7 Å². The van der Waals surface area contributed by atoms with E-state index in [1.54, 1.807) is 11.8 Å². The van der Waals surface area contributed by atoms with Gasteiger partial charge in [-0.2, -0.15) is 5.10 Å². The normalized spacial score (nSPS) is 18.6. The molecule has 6 heteroatoms. The number of nitrogens with one attached hydrogen (secondary N) is 2. The number of amides is 1. The number of anilines is 1. The predicted molar refractivity (Wildman–Crippen MR) is 92.5 cm³/mol. The van der Waals surface area contributed by atoms with Crippen molar-refractivity contribution in [3.8, 4) is 0 Å². The molecule has 0 unspecified atom stereocenters. The van der Waals surface area contributed by atoms with E-state index in [1.165, 1.54) is 0 Å². The number of aliphatic imine (C=N–C) groups is 1. The zero-order chi connectivity index (χ0) is 15.4. The fraction of sp³-hybridized carbons (Fsp3) is 0.438. The highest BCUT2D eigenvalue weighted by Gasteiger charge is 2.29. The molecular weight excluding hydrogens is 296 g/mol. The molecular formula is C16H20N4OS. The molecule has 0 aromatic heterocycles. The first kappa shape index (κ1) is 15.1. The summed E-state index contributed by atoms with van der Waals surface area (Å²) in [5.74, 6) is 1.33. The van der Waals surface area contributed by atoms with Crippen molar-refractivity contribution in [1.29, 1.82) is 0 Å². The van der Waals surface area contributed by atoms with E-state index < -0.39 is 0 Å². The molecule has 1 amide bonds. The highest BCUT2D eigenvalue weighted by molar-refractivity contribution is 8.14. The number of hydrogen-bond acceptors (Lipinski definition) is 5. The summed E-state index contributed by atoms with van der Waals surface area (Å²) in [6.07, 6.45) is 3.13. The Morgan fingerprint density at radius 2 is 2.09 bits per heavy atom. The van der Waals surface area contributed by atoms with E-state index in [0.717, 1.165) is 53.7 Å². The van der Waals surface area contributed by atoms with Gasteiger partial charge in [0.2, 0.25) is 5.91 Å². The Balaban J connectivity index is 1.59. The molecule has 0 radical (unpaired) electrons. The lowest BCUT2D eigenvalue weighted by atomic mass is 10.1. The van der Waals surface area contributed by atoms with Gasteiger partial charge in [-0.15, -0.1) is 0 Å². The smallest absolute Gasteiger partial charge is 0.243 e. The number of nitrogens with zero attached hydrogens (tertiary/aromatic N) is 2. The zero-order valence-corrected chi connectivity index (χ0v) is 13.4. The van der Waals surface area contributed by atoms with Gasteiger partial charge in [0, 0.05) is 23.9 Å². The van der Waals surface area contributed by atoms with Crippen molar-refractivity contribution >= 4 is 34.2 Å². The van der Waals surface area contributed by atoms with Crippen molar-refractivity contribution in [3.63, 3.8) is 0 Å². The average molecular weight is 316 g/mol. The molecule has 1 aliphatic heterocycles. The molecule has 2 aliphatic rings. The van der Waals surface area contributed by atoms with Gasteiger partial charge in [0.1, 0.15) is 0 Å². The van der Waals surface area contributed by atoms with E-state index in [4.69, 9.17) is 0 Å². The minimum atomic E-state index is 0.0324. The van der Waals surface area contributed by atoms with E-state index >= 15 is 0 Å². The summed E-state index contributed by atoms with van der Waals surface area (Å²) >= 11 is 1.76. The summed E-state index contributed by atoms with van der Waals surface area (Å²) in [6, 6.07) is 8.01. The van der Waals surface area contributed by atoms with Crippen LogP contribution in [-0.4, -0.2) is 29.1 Å². The average Bonchev–Trinajstić information content (AvgIpc) is 3.39. The van der Waals surface area contributed by atoms with Gasteiger partial charge >= 0.3 is 0 Å². The topological polar surface area (TPSA) is 65.8 Å². The first-order chi connectivity index (χ1) is 10.7. The molecule has 5 nitrogen and oxygen atoms in total. The van der Waals surface area contributed by atoms with Gasteiger partial charge in [-0.3, -0.25) is 9.79 Å². The molecule has 1 aromatic rings. The molecule has 0 spiro atoms. The van der Waals surface area contributed by atoms with Crippen LogP contribution in [0.3, 0.4) is 0 Å². The number of hydrogen-bond donors (Lipinski definition) is 2. The van der Waals surface area contributed by atoms with Crippen LogP contribution in [0.15, 0.2) is 34.4 Å². The van der Waals surface area contributed by atoms with Gasteiger partial charge in [-0.05, 0) is 43.9 Å². The molecule has 0 saturated heterocycles. The lowest BCUT2D eigenvalue weighted by Gasteiger charge is -2.13. The number of carbonyl (C=O) groups is 1. The van der Waals surface area contributed by atoms with Gasteiger partial charge in [0.05, 0.1) is 5.71 Å². The molecule has 3 rings (SSSR count). The maximum absolute atomic E-state index is 11.6. The predicted octanol–water partition coefficient (Wildman–Crippen LogP) is 2.84. The quantitative estimate of drug-likeness (QED) is 0.663. The Bertz CT molecular complexity index is 605. The van der Waals surface area contributed by atoms with Gasteiger partial charge in [0.25, 0.3) is 0 Å². The van der Waals surface area contributed by atoms with E-state index in [2.05, 4.69) is 20.8 Å². The molecule has 1 saturated carbocycles. The van der Waals surface area contributed by atoms with Gasteiger partial charge in [-0.1, -0.05) is 23.9 Å². The maximum atomic E-state index is 11.6. The van der Waals surface area contributed by atoms with Gasteiger partial charge in [-0.25, -0.2) is 5.43 Å². The van der Waals surface area contributed by atoms with Crippen LogP contribution in [0, 0.1) is 5.92 Å². The van der Waals surface area contributed by atoms with E-state index in [9.17, 15) is 4.79 Å². The van der Waals surface area contributed by atoms with Crippen molar-refractivity contribution in [2.24, 2.45) is 16.0 Å². The third-order valence-electron chi connectivity index (χ3n) is 3.63. The number of thioether (sulfide) groups is 1. The summed E-state index contributed by atoms with van der Waals surface area (Å²) in [5.41, 5.74) is 5.46. The van der Waals surface area contributed by atoms with E-state index in [-0.39, 0.29) is 11.8 Å². The minimum absolute atomic E-state index is 0.0324. The van der Waals surface area contributed by atoms with Crippen LogP contribution in [0.25, 0.3) is 0 Å². The lowest BCUT2D eigenvalue weighted by molar-refractivity contribution is -0.122. The molecule has 1 heterocycles. The molecule has 1 aliphatic carbocycles. The summed E-state index contributed by atoms with van der Waals surface area (Å²) in [4.78, 5) is 16.0. The van der Waals surface area contributed by atoms with Crippen molar-refractivity contribution < 1.29 is 4.79 Å². The first-order valence-corrected chi connectivity index (χ1v) is 8.60. The summed E-state index contributed by atoms with van der Waals surface area (Å²) in [7, 11) is 0. The van der Waals surface area contributed by atoms with Crippen molar-refractivity contribution in [2.75, 3.05) is 17.6 Å². The van der Waals surface area contributed by atoms with Gasteiger partial charge < -0.3 is 5.32 Å². The molecule has 2 N–H and O–H groups in total. The SMILES string of the molecule is C/C(=N/NC(=O)C1CC1)c1ccc(NC2=NCCCS2)cc1. The summed E-state index contributed by atoms with van der Waals surface area (Å²) < 4.78 is 0. The maximum Gasteiger partial charge on any atom is 0.243 e. The van der Waals surface area contributed by atoms with Crippen LogP contribution in [0.2, 0.25) is 0 Å². The largest absolute Gasteiger partial charge is 0.335 e. The monoisotopic (exact) mass is 316 g/mol. The van der Waals surface area contributed by atoms with Crippen LogP contribution >= 0.6 is 11.8 Å². The Hall–Kier alpha value is -1.82. The van der Waals surface area contributed by atoms with Crippen molar-refractivity contribution in [2.45, 2.75) is 26.2 Å². The van der Waals surface area contributed by atoms with Crippen LogP contribution in [0.4, 0.5) is 5.69 Å². The van der Waals surface area contributed by atoms with Crippen molar-refractivity contribution in [3.05, 3.63) is 29.8 Å². The third-order valence-corrected chi connectivity index (χ3v) is 4.63. The van der Waals surface area contributed by atoms with Crippen LogP contribution in [0.5, 0.6) is 0 Å². The highest BCUT2D eigenvalue weighted by Crippen LogP contribution is 2.28. The third kappa shape index (κ3) is 4.10. The number of rotatable bonds is 4. The molecule has 0 atom stereocenters. The molecule has 1 aromatic carbocycles. The standard InChI is InChI=1S/C16H20N4OS/c1-11(19-20-15(21)13-3-4-13)12-5-7-14(8-6-12)18-16-17-9-2-10-22-16/h5-8,13H,2-4,9-10H2,1H3,(H,17,18)(H,20,21)/b19-11-. The Morgan fingerprint density at radius 1 is 1.32 bits per heavy atom. The molecule has 22 heavy (non-hydrogen) atoms. The Morgan fingerprint density at radius 3 is 2.73 bits per heavy atom. The highest BCUT2D eigenvalue weighted by atomic mass is 32.2. The molecule has 0 bridgehead atoms. The van der Waals surface area contributed by atoms with Crippen molar-refractivity contribution in [1.82, 2.24) is 5.43 Å². The fourth-order valence-electron chi connectivity index (χ4n) is 2.09. The van der Waals surface area contributed by atoms with Gasteiger partial charge in [0.15, 0.2) is 5.17 Å². The number of benzene rings is 1. The van der Waals surface area contributed by atoms with E-state index in [0.29, 0.717) is 0 Å². The zero-order valence-electron chi connectivity index (χ0n) is 12.6. The second-order valence-electron chi connectivity index (χ2n) is 5.54. The lowest BCUT2D eigenvalue weighted by Crippen LogP contribution is -2.20. The second kappa shape index (κ2) is 6.96.